The third-order valence-corrected chi connectivity index (χ3v) is 4.14. The van der Waals surface area contributed by atoms with Gasteiger partial charge in [0.05, 0.1) is 16.7 Å². The van der Waals surface area contributed by atoms with Crippen molar-refractivity contribution in [2.24, 2.45) is 7.05 Å². The maximum atomic E-state index is 4.83. The first-order valence-electron chi connectivity index (χ1n) is 7.29. The van der Waals surface area contributed by atoms with E-state index in [4.69, 9.17) is 4.98 Å². The summed E-state index contributed by atoms with van der Waals surface area (Å²) >= 11 is 0. The van der Waals surface area contributed by atoms with E-state index in [1.165, 1.54) is 22.1 Å². The topological polar surface area (TPSA) is 22.8 Å². The van der Waals surface area contributed by atoms with Gasteiger partial charge in [0.2, 0.25) is 0 Å². The number of aromatic nitrogens is 3. The molecule has 0 saturated carbocycles. The van der Waals surface area contributed by atoms with E-state index >= 15 is 0 Å². The third-order valence-electron chi connectivity index (χ3n) is 4.14. The third kappa shape index (κ3) is 1.70. The molecule has 0 fully saturated rings. The normalized spacial score (nSPS) is 11.5. The van der Waals surface area contributed by atoms with Gasteiger partial charge in [0, 0.05) is 24.5 Å². The Morgan fingerprint density at radius 1 is 0.952 bits per heavy atom. The van der Waals surface area contributed by atoms with Crippen molar-refractivity contribution >= 4 is 21.9 Å². The van der Waals surface area contributed by atoms with Crippen LogP contribution in [-0.4, -0.2) is 14.1 Å². The first-order chi connectivity index (χ1) is 10.3. The standard InChI is InChI=1S/C18H17N3/c1-3-21-15-10-6-4-8-13(15)12-17(21)18-19-14-9-5-7-11-16(14)20(18)2/h4-12H,3H2,1-2H3. The van der Waals surface area contributed by atoms with Gasteiger partial charge in [-0.25, -0.2) is 4.98 Å². The largest absolute Gasteiger partial charge is 0.338 e. The molecular formula is C18H17N3. The molecule has 0 aliphatic carbocycles. The fourth-order valence-electron chi connectivity index (χ4n) is 3.11. The van der Waals surface area contributed by atoms with Crippen molar-refractivity contribution in [3.05, 3.63) is 54.6 Å². The minimum atomic E-state index is 0.937. The lowest BCUT2D eigenvalue weighted by Gasteiger charge is -2.07. The summed E-state index contributed by atoms with van der Waals surface area (Å²) in [7, 11) is 2.09. The van der Waals surface area contributed by atoms with E-state index in [0.29, 0.717) is 0 Å². The van der Waals surface area contributed by atoms with E-state index in [1.807, 2.05) is 6.07 Å². The minimum absolute atomic E-state index is 0.937. The molecule has 2 heterocycles. The van der Waals surface area contributed by atoms with Crippen LogP contribution < -0.4 is 0 Å². The van der Waals surface area contributed by atoms with Crippen LogP contribution in [0.2, 0.25) is 0 Å². The van der Waals surface area contributed by atoms with Crippen molar-refractivity contribution in [2.45, 2.75) is 13.5 Å². The summed E-state index contributed by atoms with van der Waals surface area (Å²) in [5.41, 5.74) is 4.66. The highest BCUT2D eigenvalue weighted by Crippen LogP contribution is 2.29. The van der Waals surface area contributed by atoms with E-state index in [0.717, 1.165) is 17.9 Å². The van der Waals surface area contributed by atoms with Crippen molar-refractivity contribution in [1.29, 1.82) is 0 Å². The van der Waals surface area contributed by atoms with E-state index < -0.39 is 0 Å². The van der Waals surface area contributed by atoms with Crippen molar-refractivity contribution in [2.75, 3.05) is 0 Å². The molecule has 0 radical (unpaired) electrons. The number of nitrogens with zero attached hydrogens (tertiary/aromatic N) is 3. The molecular weight excluding hydrogens is 258 g/mol. The highest BCUT2D eigenvalue weighted by atomic mass is 15.1. The molecule has 0 spiro atoms. The Labute approximate surface area is 123 Å². The van der Waals surface area contributed by atoms with Gasteiger partial charge in [0.15, 0.2) is 5.82 Å². The van der Waals surface area contributed by atoms with Gasteiger partial charge < -0.3 is 9.13 Å². The SMILES string of the molecule is CCn1c(-c2nc3ccccc3n2C)cc2ccccc21. The van der Waals surface area contributed by atoms with Gasteiger partial charge in [0.25, 0.3) is 0 Å². The zero-order chi connectivity index (χ0) is 14.4. The number of aryl methyl sites for hydroxylation is 2. The smallest absolute Gasteiger partial charge is 0.157 e. The summed E-state index contributed by atoms with van der Waals surface area (Å²) in [6.07, 6.45) is 0. The van der Waals surface area contributed by atoms with Crippen molar-refractivity contribution < 1.29 is 0 Å². The second kappa shape index (κ2) is 4.48. The molecule has 0 amide bonds. The predicted molar refractivity (Wildman–Crippen MR) is 87.3 cm³/mol. The van der Waals surface area contributed by atoms with Gasteiger partial charge in [-0.1, -0.05) is 30.3 Å². The van der Waals surface area contributed by atoms with Gasteiger partial charge in [-0.3, -0.25) is 0 Å². The monoisotopic (exact) mass is 275 g/mol. The molecule has 4 rings (SSSR count). The van der Waals surface area contributed by atoms with Crippen LogP contribution in [0.1, 0.15) is 6.92 Å². The molecule has 0 aliphatic rings. The zero-order valence-electron chi connectivity index (χ0n) is 12.2. The Kier molecular flexibility index (Phi) is 2.61. The average molecular weight is 275 g/mol. The molecule has 3 nitrogen and oxygen atoms in total. The van der Waals surface area contributed by atoms with Crippen LogP contribution in [-0.2, 0) is 13.6 Å². The Balaban J connectivity index is 2.06. The molecule has 2 aromatic carbocycles. The molecule has 104 valence electrons. The molecule has 4 aromatic rings. The minimum Gasteiger partial charge on any atom is -0.338 e. The summed E-state index contributed by atoms with van der Waals surface area (Å²) in [4.78, 5) is 4.83. The van der Waals surface area contributed by atoms with Crippen molar-refractivity contribution in [3.63, 3.8) is 0 Å². The number of imidazole rings is 1. The van der Waals surface area contributed by atoms with Crippen LogP contribution in [0.25, 0.3) is 33.5 Å². The molecule has 3 heteroatoms. The fourth-order valence-corrected chi connectivity index (χ4v) is 3.11. The second-order valence-corrected chi connectivity index (χ2v) is 5.32. The van der Waals surface area contributed by atoms with Crippen molar-refractivity contribution in [1.82, 2.24) is 14.1 Å². The lowest BCUT2D eigenvalue weighted by molar-refractivity contribution is 0.791. The van der Waals surface area contributed by atoms with Crippen LogP contribution in [0.4, 0.5) is 0 Å². The van der Waals surface area contributed by atoms with Crippen LogP contribution in [0.5, 0.6) is 0 Å². The highest BCUT2D eigenvalue weighted by Gasteiger charge is 2.15. The second-order valence-electron chi connectivity index (χ2n) is 5.32. The van der Waals surface area contributed by atoms with Crippen LogP contribution in [0.15, 0.2) is 54.6 Å². The molecule has 0 saturated heterocycles. The molecule has 0 bridgehead atoms. The Morgan fingerprint density at radius 3 is 2.43 bits per heavy atom. The summed E-state index contributed by atoms with van der Waals surface area (Å²) in [5, 5.41) is 1.27. The maximum Gasteiger partial charge on any atom is 0.157 e. The maximum absolute atomic E-state index is 4.83. The molecule has 0 N–H and O–H groups in total. The Hall–Kier alpha value is -2.55. The number of hydrogen-bond donors (Lipinski definition) is 0. The fraction of sp³-hybridized carbons (Fsp3) is 0.167. The van der Waals surface area contributed by atoms with E-state index in [9.17, 15) is 0 Å². The van der Waals surface area contributed by atoms with E-state index in [1.54, 1.807) is 0 Å². The summed E-state index contributed by atoms with van der Waals surface area (Å²) < 4.78 is 4.51. The van der Waals surface area contributed by atoms with Gasteiger partial charge in [-0.2, -0.15) is 0 Å². The van der Waals surface area contributed by atoms with Gasteiger partial charge in [0.1, 0.15) is 0 Å². The summed E-state index contributed by atoms with van der Waals surface area (Å²) in [6.45, 7) is 3.12. The molecule has 21 heavy (non-hydrogen) atoms. The predicted octanol–water partition coefficient (Wildman–Crippen LogP) is 4.21. The summed E-state index contributed by atoms with van der Waals surface area (Å²) in [6, 6.07) is 19.0. The van der Waals surface area contributed by atoms with Gasteiger partial charge in [-0.15, -0.1) is 0 Å². The van der Waals surface area contributed by atoms with Crippen LogP contribution >= 0.6 is 0 Å². The lowest BCUT2D eigenvalue weighted by Crippen LogP contribution is -2.01. The summed E-state index contributed by atoms with van der Waals surface area (Å²) in [5.74, 6) is 1.02. The number of rotatable bonds is 2. The lowest BCUT2D eigenvalue weighted by atomic mass is 10.2. The van der Waals surface area contributed by atoms with Crippen LogP contribution in [0, 0.1) is 0 Å². The molecule has 0 atom stereocenters. The van der Waals surface area contributed by atoms with Crippen molar-refractivity contribution in [3.8, 4) is 11.5 Å². The van der Waals surface area contributed by atoms with Gasteiger partial charge >= 0.3 is 0 Å². The quantitative estimate of drug-likeness (QED) is 0.537. The molecule has 0 aliphatic heterocycles. The number of fused-ring (bicyclic) bond motifs is 2. The number of benzene rings is 2. The molecule has 2 aromatic heterocycles. The average Bonchev–Trinajstić information content (AvgIpc) is 3.05. The zero-order valence-corrected chi connectivity index (χ0v) is 12.2. The highest BCUT2D eigenvalue weighted by molar-refractivity contribution is 5.88. The number of para-hydroxylation sites is 3. The molecule has 0 unspecified atom stereocenters. The Bertz CT molecular complexity index is 944. The van der Waals surface area contributed by atoms with Crippen LogP contribution in [0.3, 0.4) is 0 Å². The Morgan fingerprint density at radius 2 is 1.67 bits per heavy atom. The first kappa shape index (κ1) is 12.2. The van der Waals surface area contributed by atoms with Gasteiger partial charge in [-0.05, 0) is 31.2 Å². The van der Waals surface area contributed by atoms with E-state index in [2.05, 4.69) is 71.6 Å². The number of hydrogen-bond acceptors (Lipinski definition) is 1. The van der Waals surface area contributed by atoms with E-state index in [-0.39, 0.29) is 0 Å². The first-order valence-corrected chi connectivity index (χ1v) is 7.29.